The van der Waals surface area contributed by atoms with Crippen LogP contribution in [0.5, 0.6) is 5.75 Å². The molecule has 0 saturated heterocycles. The molecule has 17 heavy (non-hydrogen) atoms. The van der Waals surface area contributed by atoms with Gasteiger partial charge in [-0.15, -0.1) is 5.10 Å². The highest BCUT2D eigenvalue weighted by Gasteiger charge is 2.17. The SMILES string of the molecule is COc1ccc(-c2n[nH]nc2C(=O)O)cc1N. The molecule has 7 nitrogen and oxygen atoms in total. The maximum absolute atomic E-state index is 10.9. The van der Waals surface area contributed by atoms with E-state index in [1.165, 1.54) is 7.11 Å². The van der Waals surface area contributed by atoms with E-state index in [0.29, 0.717) is 17.0 Å². The van der Waals surface area contributed by atoms with Crippen LogP contribution in [-0.2, 0) is 0 Å². The Morgan fingerprint density at radius 1 is 1.47 bits per heavy atom. The topological polar surface area (TPSA) is 114 Å². The van der Waals surface area contributed by atoms with Crippen molar-refractivity contribution < 1.29 is 14.6 Å². The molecular weight excluding hydrogens is 224 g/mol. The molecule has 1 aromatic carbocycles. The van der Waals surface area contributed by atoms with Gasteiger partial charge in [0, 0.05) is 5.56 Å². The monoisotopic (exact) mass is 234 g/mol. The van der Waals surface area contributed by atoms with Crippen molar-refractivity contribution in [3.8, 4) is 17.0 Å². The third-order valence-electron chi connectivity index (χ3n) is 2.25. The number of nitrogen functional groups attached to an aromatic ring is 1. The second-order valence-corrected chi connectivity index (χ2v) is 3.28. The summed E-state index contributed by atoms with van der Waals surface area (Å²) in [5.41, 5.74) is 6.80. The largest absolute Gasteiger partial charge is 0.495 e. The summed E-state index contributed by atoms with van der Waals surface area (Å²) in [4.78, 5) is 10.9. The predicted octanol–water partition coefficient (Wildman–Crippen LogP) is 0.761. The number of aromatic carboxylic acids is 1. The molecule has 0 aliphatic heterocycles. The zero-order valence-corrected chi connectivity index (χ0v) is 8.97. The highest BCUT2D eigenvalue weighted by molar-refractivity contribution is 5.92. The highest BCUT2D eigenvalue weighted by Crippen LogP contribution is 2.28. The maximum Gasteiger partial charge on any atom is 0.358 e. The van der Waals surface area contributed by atoms with E-state index >= 15 is 0 Å². The van der Waals surface area contributed by atoms with Crippen LogP contribution >= 0.6 is 0 Å². The third-order valence-corrected chi connectivity index (χ3v) is 2.25. The lowest BCUT2D eigenvalue weighted by molar-refractivity contribution is 0.0691. The van der Waals surface area contributed by atoms with Crippen molar-refractivity contribution >= 4 is 11.7 Å². The first kappa shape index (κ1) is 10.9. The van der Waals surface area contributed by atoms with E-state index in [2.05, 4.69) is 15.4 Å². The van der Waals surface area contributed by atoms with Crippen LogP contribution in [-0.4, -0.2) is 33.6 Å². The molecule has 1 aromatic heterocycles. The number of anilines is 1. The van der Waals surface area contributed by atoms with Gasteiger partial charge in [-0.2, -0.15) is 10.3 Å². The molecule has 0 radical (unpaired) electrons. The average Bonchev–Trinajstić information content (AvgIpc) is 2.77. The predicted molar refractivity (Wildman–Crippen MR) is 59.7 cm³/mol. The molecule has 2 aromatic rings. The molecule has 1 heterocycles. The number of ether oxygens (including phenoxy) is 1. The van der Waals surface area contributed by atoms with Crippen LogP contribution in [0.1, 0.15) is 10.5 Å². The lowest BCUT2D eigenvalue weighted by Gasteiger charge is -2.05. The van der Waals surface area contributed by atoms with Crippen molar-refractivity contribution in [3.63, 3.8) is 0 Å². The quantitative estimate of drug-likeness (QED) is 0.675. The fourth-order valence-corrected chi connectivity index (χ4v) is 1.46. The Balaban J connectivity index is 2.50. The van der Waals surface area contributed by atoms with Gasteiger partial charge in [0.25, 0.3) is 0 Å². The molecule has 0 saturated carbocycles. The summed E-state index contributed by atoms with van der Waals surface area (Å²) in [5.74, 6) is -0.628. The van der Waals surface area contributed by atoms with Crippen LogP contribution < -0.4 is 10.5 Å². The molecule has 0 aliphatic rings. The number of H-pyrrole nitrogens is 1. The average molecular weight is 234 g/mol. The lowest BCUT2D eigenvalue weighted by Crippen LogP contribution is -2.00. The van der Waals surface area contributed by atoms with Gasteiger partial charge in [-0.3, -0.25) is 0 Å². The summed E-state index contributed by atoms with van der Waals surface area (Å²) in [6.07, 6.45) is 0. The molecule has 2 rings (SSSR count). The number of hydrogen-bond acceptors (Lipinski definition) is 5. The summed E-state index contributed by atoms with van der Waals surface area (Å²) in [5, 5.41) is 18.5. The third kappa shape index (κ3) is 1.89. The Labute approximate surface area is 96.2 Å². The first-order chi connectivity index (χ1) is 8.13. The van der Waals surface area contributed by atoms with Gasteiger partial charge in [0.2, 0.25) is 0 Å². The molecule has 0 unspecified atom stereocenters. The summed E-state index contributed by atoms with van der Waals surface area (Å²) in [7, 11) is 1.50. The molecule has 0 aliphatic carbocycles. The maximum atomic E-state index is 10.9. The molecule has 0 atom stereocenters. The Hall–Kier alpha value is -2.57. The van der Waals surface area contributed by atoms with Crippen molar-refractivity contribution in [2.75, 3.05) is 12.8 Å². The molecule has 0 fully saturated rings. The van der Waals surface area contributed by atoms with Crippen LogP contribution in [0.25, 0.3) is 11.3 Å². The van der Waals surface area contributed by atoms with E-state index < -0.39 is 5.97 Å². The van der Waals surface area contributed by atoms with Gasteiger partial charge in [-0.1, -0.05) is 0 Å². The van der Waals surface area contributed by atoms with Gasteiger partial charge < -0.3 is 15.6 Å². The summed E-state index contributed by atoms with van der Waals surface area (Å²) in [6, 6.07) is 4.90. The van der Waals surface area contributed by atoms with E-state index in [1.807, 2.05) is 0 Å². The van der Waals surface area contributed by atoms with Gasteiger partial charge in [0.05, 0.1) is 12.8 Å². The number of aromatic nitrogens is 3. The van der Waals surface area contributed by atoms with Crippen LogP contribution in [0.4, 0.5) is 5.69 Å². The number of aromatic amines is 1. The van der Waals surface area contributed by atoms with Crippen molar-refractivity contribution in [1.29, 1.82) is 0 Å². The van der Waals surface area contributed by atoms with Gasteiger partial charge in [-0.05, 0) is 18.2 Å². The summed E-state index contributed by atoms with van der Waals surface area (Å²) >= 11 is 0. The minimum atomic E-state index is -1.15. The Bertz CT molecular complexity index is 564. The van der Waals surface area contributed by atoms with Crippen molar-refractivity contribution in [2.24, 2.45) is 0 Å². The number of carboxylic acid groups (broad SMARTS) is 1. The normalized spacial score (nSPS) is 10.2. The minimum Gasteiger partial charge on any atom is -0.495 e. The van der Waals surface area contributed by atoms with E-state index in [1.54, 1.807) is 18.2 Å². The number of carbonyl (C=O) groups is 1. The molecule has 7 heteroatoms. The number of carboxylic acids is 1. The molecule has 0 amide bonds. The first-order valence-electron chi connectivity index (χ1n) is 4.71. The second-order valence-electron chi connectivity index (χ2n) is 3.28. The number of rotatable bonds is 3. The van der Waals surface area contributed by atoms with Gasteiger partial charge >= 0.3 is 5.97 Å². The second kappa shape index (κ2) is 4.12. The fraction of sp³-hybridized carbons (Fsp3) is 0.100. The van der Waals surface area contributed by atoms with Crippen LogP contribution in [0.3, 0.4) is 0 Å². The number of nitrogens with one attached hydrogen (secondary N) is 1. The molecule has 4 N–H and O–H groups in total. The molecule has 0 bridgehead atoms. The van der Waals surface area contributed by atoms with Gasteiger partial charge in [0.15, 0.2) is 5.69 Å². The molecule has 0 spiro atoms. The van der Waals surface area contributed by atoms with E-state index in [-0.39, 0.29) is 11.4 Å². The van der Waals surface area contributed by atoms with Gasteiger partial charge in [0.1, 0.15) is 11.4 Å². The minimum absolute atomic E-state index is 0.144. The Morgan fingerprint density at radius 3 is 2.82 bits per heavy atom. The zero-order valence-electron chi connectivity index (χ0n) is 8.97. The van der Waals surface area contributed by atoms with Crippen molar-refractivity contribution in [2.45, 2.75) is 0 Å². The lowest BCUT2D eigenvalue weighted by atomic mass is 10.1. The van der Waals surface area contributed by atoms with Gasteiger partial charge in [-0.25, -0.2) is 4.79 Å². The fourth-order valence-electron chi connectivity index (χ4n) is 1.46. The summed E-state index contributed by atoms with van der Waals surface area (Å²) < 4.78 is 5.01. The van der Waals surface area contributed by atoms with E-state index in [4.69, 9.17) is 15.6 Å². The van der Waals surface area contributed by atoms with Crippen molar-refractivity contribution in [3.05, 3.63) is 23.9 Å². The highest BCUT2D eigenvalue weighted by atomic mass is 16.5. The van der Waals surface area contributed by atoms with E-state index in [0.717, 1.165) is 0 Å². The standard InChI is InChI=1S/C10H10N4O3/c1-17-7-3-2-5(4-6(7)11)8-9(10(15)16)13-14-12-8/h2-4H,11H2,1H3,(H,15,16)(H,12,13,14). The first-order valence-corrected chi connectivity index (χ1v) is 4.71. The Kier molecular flexibility index (Phi) is 2.65. The Morgan fingerprint density at radius 2 is 2.24 bits per heavy atom. The zero-order chi connectivity index (χ0) is 12.4. The number of methoxy groups -OCH3 is 1. The van der Waals surface area contributed by atoms with Crippen LogP contribution in [0.2, 0.25) is 0 Å². The molecular formula is C10H10N4O3. The van der Waals surface area contributed by atoms with Crippen LogP contribution in [0.15, 0.2) is 18.2 Å². The smallest absolute Gasteiger partial charge is 0.358 e. The number of hydrogen-bond donors (Lipinski definition) is 3. The van der Waals surface area contributed by atoms with Crippen LogP contribution in [0, 0.1) is 0 Å². The number of benzene rings is 1. The number of nitrogens with zero attached hydrogens (tertiary/aromatic N) is 2. The summed E-state index contributed by atoms with van der Waals surface area (Å²) in [6.45, 7) is 0. The van der Waals surface area contributed by atoms with Crippen molar-refractivity contribution in [1.82, 2.24) is 15.4 Å². The van der Waals surface area contributed by atoms with E-state index in [9.17, 15) is 4.79 Å². The molecule has 88 valence electrons. The number of nitrogens with two attached hydrogens (primary N) is 1.